The molecule has 0 spiro atoms. The fourth-order valence-electron chi connectivity index (χ4n) is 1.57. The molecule has 2 nitrogen and oxygen atoms in total. The molecule has 0 aromatic rings. The molecule has 0 unspecified atom stereocenters. The highest BCUT2D eigenvalue weighted by Crippen LogP contribution is 2.25. The number of hydrogen-bond donors (Lipinski definition) is 0. The Hall–Kier alpha value is -0.790. The topological polar surface area (TPSA) is 20.3 Å². The molecule has 12 heavy (non-hydrogen) atoms. The second-order valence-electron chi connectivity index (χ2n) is 3.89. The van der Waals surface area contributed by atoms with Crippen molar-refractivity contribution in [3.8, 4) is 0 Å². The van der Waals surface area contributed by atoms with Crippen LogP contribution in [0, 0.1) is 5.92 Å². The first-order chi connectivity index (χ1) is 5.59. The summed E-state index contributed by atoms with van der Waals surface area (Å²) in [4.78, 5) is 13.3. The summed E-state index contributed by atoms with van der Waals surface area (Å²) >= 11 is 0. The van der Waals surface area contributed by atoms with Crippen LogP contribution in [-0.4, -0.2) is 24.8 Å². The van der Waals surface area contributed by atoms with Gasteiger partial charge < -0.3 is 4.90 Å². The van der Waals surface area contributed by atoms with E-state index in [0.717, 1.165) is 24.8 Å². The van der Waals surface area contributed by atoms with E-state index in [2.05, 4.69) is 6.92 Å². The highest BCUT2D eigenvalue weighted by molar-refractivity contribution is 5.95. The second-order valence-corrected chi connectivity index (χ2v) is 3.89. The average Bonchev–Trinajstić information content (AvgIpc) is 1.96. The van der Waals surface area contributed by atoms with Crippen LogP contribution >= 0.6 is 0 Å². The minimum atomic E-state index is 0.335. The van der Waals surface area contributed by atoms with E-state index in [-0.39, 0.29) is 0 Å². The molecule has 68 valence electrons. The van der Waals surface area contributed by atoms with E-state index in [1.165, 1.54) is 0 Å². The maximum absolute atomic E-state index is 11.4. The standard InChI is InChI=1S/C10H17NO/c1-8-4-5-10(12)9(6-8)7-11(2)3/h7-8H,4-6H2,1-3H3/b9-7+/t8-/m0/s1. The van der Waals surface area contributed by atoms with Crippen molar-refractivity contribution in [3.63, 3.8) is 0 Å². The SMILES string of the molecule is C[C@H]1CCC(=O)/C(=C/N(C)C)C1. The van der Waals surface area contributed by atoms with E-state index in [9.17, 15) is 4.79 Å². The molecule has 0 aromatic heterocycles. The van der Waals surface area contributed by atoms with Gasteiger partial charge in [0.25, 0.3) is 0 Å². The van der Waals surface area contributed by atoms with Crippen LogP contribution < -0.4 is 0 Å². The highest BCUT2D eigenvalue weighted by atomic mass is 16.1. The molecule has 1 aliphatic rings. The summed E-state index contributed by atoms with van der Waals surface area (Å²) in [6.45, 7) is 2.20. The van der Waals surface area contributed by atoms with Crippen LogP contribution in [0.1, 0.15) is 26.2 Å². The lowest BCUT2D eigenvalue weighted by molar-refractivity contribution is -0.117. The Labute approximate surface area is 74.2 Å². The average molecular weight is 167 g/mol. The molecule has 1 aliphatic carbocycles. The number of hydrogen-bond acceptors (Lipinski definition) is 2. The first-order valence-electron chi connectivity index (χ1n) is 4.50. The molecule has 0 radical (unpaired) electrons. The van der Waals surface area contributed by atoms with Gasteiger partial charge in [0.1, 0.15) is 0 Å². The van der Waals surface area contributed by atoms with E-state index in [4.69, 9.17) is 0 Å². The monoisotopic (exact) mass is 167 g/mol. The predicted molar refractivity (Wildman–Crippen MR) is 49.8 cm³/mol. The van der Waals surface area contributed by atoms with Gasteiger partial charge in [-0.05, 0) is 18.8 Å². The number of Topliss-reactive ketones (excluding diaryl/α,β-unsaturated/α-hetero) is 1. The molecule has 1 fully saturated rings. The molecule has 0 heterocycles. The zero-order valence-electron chi connectivity index (χ0n) is 8.13. The van der Waals surface area contributed by atoms with Gasteiger partial charge in [-0.15, -0.1) is 0 Å². The molecule has 0 saturated heterocycles. The third-order valence-corrected chi connectivity index (χ3v) is 2.20. The van der Waals surface area contributed by atoms with Crippen molar-refractivity contribution >= 4 is 5.78 Å². The van der Waals surface area contributed by atoms with Gasteiger partial charge in [0.05, 0.1) is 0 Å². The summed E-state index contributed by atoms with van der Waals surface area (Å²) in [5.74, 6) is 1.01. The van der Waals surface area contributed by atoms with Gasteiger partial charge in [0.15, 0.2) is 5.78 Å². The van der Waals surface area contributed by atoms with Crippen LogP contribution in [0.25, 0.3) is 0 Å². The van der Waals surface area contributed by atoms with E-state index in [0.29, 0.717) is 11.7 Å². The minimum Gasteiger partial charge on any atom is -0.383 e. The Kier molecular flexibility index (Phi) is 2.90. The molecule has 0 aliphatic heterocycles. The Balaban J connectivity index is 2.67. The third-order valence-electron chi connectivity index (χ3n) is 2.20. The fourth-order valence-corrected chi connectivity index (χ4v) is 1.57. The van der Waals surface area contributed by atoms with Crippen molar-refractivity contribution in [3.05, 3.63) is 11.8 Å². The second kappa shape index (κ2) is 3.74. The van der Waals surface area contributed by atoms with Gasteiger partial charge in [-0.3, -0.25) is 4.79 Å². The number of rotatable bonds is 1. The van der Waals surface area contributed by atoms with Crippen LogP contribution in [0.4, 0.5) is 0 Å². The summed E-state index contributed by atoms with van der Waals surface area (Å²) < 4.78 is 0. The van der Waals surface area contributed by atoms with Gasteiger partial charge >= 0.3 is 0 Å². The first-order valence-corrected chi connectivity index (χ1v) is 4.50. The van der Waals surface area contributed by atoms with Crippen molar-refractivity contribution in [2.75, 3.05) is 14.1 Å². The molecular formula is C10H17NO. The molecule has 1 atom stereocenters. The normalized spacial score (nSPS) is 27.8. The maximum atomic E-state index is 11.4. The van der Waals surface area contributed by atoms with E-state index < -0.39 is 0 Å². The van der Waals surface area contributed by atoms with Gasteiger partial charge in [0, 0.05) is 32.3 Å². The van der Waals surface area contributed by atoms with Crippen LogP contribution in [0.5, 0.6) is 0 Å². The van der Waals surface area contributed by atoms with E-state index >= 15 is 0 Å². The van der Waals surface area contributed by atoms with Gasteiger partial charge in [-0.1, -0.05) is 6.92 Å². The molecular weight excluding hydrogens is 150 g/mol. The summed E-state index contributed by atoms with van der Waals surface area (Å²) in [5.41, 5.74) is 0.999. The number of ketones is 1. The Morgan fingerprint density at radius 3 is 2.75 bits per heavy atom. The zero-order chi connectivity index (χ0) is 9.14. The molecule has 0 amide bonds. The number of carbonyl (C=O) groups excluding carboxylic acids is 1. The number of allylic oxidation sites excluding steroid dienone is 1. The van der Waals surface area contributed by atoms with Crippen LogP contribution in [0.2, 0.25) is 0 Å². The minimum absolute atomic E-state index is 0.335. The Morgan fingerprint density at radius 2 is 2.17 bits per heavy atom. The first kappa shape index (κ1) is 9.30. The number of nitrogens with zero attached hydrogens (tertiary/aromatic N) is 1. The van der Waals surface area contributed by atoms with E-state index in [1.54, 1.807) is 0 Å². The van der Waals surface area contributed by atoms with Crippen molar-refractivity contribution in [2.45, 2.75) is 26.2 Å². The molecule has 0 bridgehead atoms. The van der Waals surface area contributed by atoms with Crippen LogP contribution in [0.15, 0.2) is 11.8 Å². The molecule has 0 aromatic carbocycles. The predicted octanol–water partition coefficient (Wildman–Crippen LogP) is 1.82. The largest absolute Gasteiger partial charge is 0.383 e. The number of carbonyl (C=O) groups is 1. The third kappa shape index (κ3) is 2.36. The summed E-state index contributed by atoms with van der Waals surface area (Å²) in [5, 5.41) is 0. The van der Waals surface area contributed by atoms with Crippen molar-refractivity contribution in [1.82, 2.24) is 4.90 Å². The fraction of sp³-hybridized carbons (Fsp3) is 0.700. The lowest BCUT2D eigenvalue weighted by atomic mass is 9.86. The maximum Gasteiger partial charge on any atom is 0.160 e. The molecule has 0 N–H and O–H groups in total. The lowest BCUT2D eigenvalue weighted by Gasteiger charge is -2.20. The summed E-state index contributed by atoms with van der Waals surface area (Å²) in [6, 6.07) is 0. The van der Waals surface area contributed by atoms with Gasteiger partial charge in [-0.2, -0.15) is 0 Å². The van der Waals surface area contributed by atoms with E-state index in [1.807, 2.05) is 25.2 Å². The highest BCUT2D eigenvalue weighted by Gasteiger charge is 2.20. The van der Waals surface area contributed by atoms with Gasteiger partial charge in [-0.25, -0.2) is 0 Å². The molecule has 2 heteroatoms. The molecule has 1 saturated carbocycles. The Morgan fingerprint density at radius 1 is 1.50 bits per heavy atom. The zero-order valence-corrected chi connectivity index (χ0v) is 8.13. The molecule has 1 rings (SSSR count). The smallest absolute Gasteiger partial charge is 0.160 e. The van der Waals surface area contributed by atoms with Crippen LogP contribution in [-0.2, 0) is 4.79 Å². The van der Waals surface area contributed by atoms with Crippen molar-refractivity contribution in [1.29, 1.82) is 0 Å². The van der Waals surface area contributed by atoms with Gasteiger partial charge in [0.2, 0.25) is 0 Å². The van der Waals surface area contributed by atoms with Crippen molar-refractivity contribution < 1.29 is 4.79 Å². The summed E-state index contributed by atoms with van der Waals surface area (Å²) in [7, 11) is 3.92. The lowest BCUT2D eigenvalue weighted by Crippen LogP contribution is -2.17. The van der Waals surface area contributed by atoms with Crippen LogP contribution in [0.3, 0.4) is 0 Å². The summed E-state index contributed by atoms with van der Waals surface area (Å²) in [6.07, 6.45) is 4.71. The quantitative estimate of drug-likeness (QED) is 0.555. The Bertz CT molecular complexity index is 206. The van der Waals surface area contributed by atoms with Crippen molar-refractivity contribution in [2.24, 2.45) is 5.92 Å².